The normalized spacial score (nSPS) is 11.1. The van der Waals surface area contributed by atoms with Crippen molar-refractivity contribution in [3.8, 4) is 28.7 Å². The van der Waals surface area contributed by atoms with E-state index in [2.05, 4.69) is 75.8 Å². The third-order valence-corrected chi connectivity index (χ3v) is 7.97. The quantitative estimate of drug-likeness (QED) is 0.206. The number of pyridine rings is 1. The molecule has 0 spiro atoms. The lowest BCUT2D eigenvalue weighted by Crippen LogP contribution is -2.30. The standard InChI is InChI=1S/C37H50N4O3/c1-10-13-22-41-24-27(8)33(31-23-28(19-20-32(31)44-9)16-15-21-40(11-2)12-3)35(36(41)42)39-37(43)38-34-29(25(4)5)17-14-18-30(34)26(6)7/h14,17-20,23-26H,10-13,21-22H2,1-9H3,(H2,38,39,43). The first-order valence-corrected chi connectivity index (χ1v) is 15.9. The van der Waals surface area contributed by atoms with Crippen LogP contribution in [0.4, 0.5) is 16.2 Å². The van der Waals surface area contributed by atoms with E-state index in [1.54, 1.807) is 11.7 Å². The van der Waals surface area contributed by atoms with Gasteiger partial charge in [-0.15, -0.1) is 0 Å². The van der Waals surface area contributed by atoms with Crippen LogP contribution in [0.5, 0.6) is 5.75 Å². The van der Waals surface area contributed by atoms with Gasteiger partial charge in [0.05, 0.1) is 13.7 Å². The molecular formula is C37H50N4O3. The molecule has 0 saturated heterocycles. The van der Waals surface area contributed by atoms with Gasteiger partial charge >= 0.3 is 6.03 Å². The molecule has 0 radical (unpaired) electrons. The highest BCUT2D eigenvalue weighted by atomic mass is 16.5. The number of urea groups is 1. The van der Waals surface area contributed by atoms with Crippen molar-refractivity contribution in [2.75, 3.05) is 37.4 Å². The van der Waals surface area contributed by atoms with Crippen molar-refractivity contribution < 1.29 is 9.53 Å². The summed E-state index contributed by atoms with van der Waals surface area (Å²) >= 11 is 0. The zero-order valence-electron chi connectivity index (χ0n) is 28.1. The van der Waals surface area contributed by atoms with Crippen LogP contribution < -0.4 is 20.9 Å². The summed E-state index contributed by atoms with van der Waals surface area (Å²) in [4.78, 5) is 30.0. The highest BCUT2D eigenvalue weighted by Crippen LogP contribution is 2.37. The van der Waals surface area contributed by atoms with Crippen molar-refractivity contribution >= 4 is 17.4 Å². The molecule has 44 heavy (non-hydrogen) atoms. The van der Waals surface area contributed by atoms with E-state index >= 15 is 0 Å². The fourth-order valence-electron chi connectivity index (χ4n) is 5.40. The molecule has 2 aromatic carbocycles. The van der Waals surface area contributed by atoms with Crippen LogP contribution in [0, 0.1) is 18.8 Å². The number of benzene rings is 2. The molecule has 7 nitrogen and oxygen atoms in total. The fraction of sp³-hybridized carbons (Fsp3) is 0.459. The fourth-order valence-corrected chi connectivity index (χ4v) is 5.40. The summed E-state index contributed by atoms with van der Waals surface area (Å²) in [6.45, 7) is 19.8. The van der Waals surface area contributed by atoms with E-state index < -0.39 is 6.03 Å². The Kier molecular flexibility index (Phi) is 12.7. The van der Waals surface area contributed by atoms with E-state index in [0.29, 0.717) is 30.0 Å². The Morgan fingerprint density at radius 3 is 2.18 bits per heavy atom. The highest BCUT2D eigenvalue weighted by molar-refractivity contribution is 6.04. The number of hydrogen-bond acceptors (Lipinski definition) is 4. The number of carbonyl (C=O) groups is 1. The highest BCUT2D eigenvalue weighted by Gasteiger charge is 2.22. The molecule has 236 valence electrons. The number of para-hydroxylation sites is 1. The van der Waals surface area contributed by atoms with E-state index in [4.69, 9.17) is 4.74 Å². The number of carbonyl (C=O) groups excluding carboxylic acids is 1. The van der Waals surface area contributed by atoms with Crippen LogP contribution in [0.15, 0.2) is 47.4 Å². The molecule has 0 atom stereocenters. The van der Waals surface area contributed by atoms with Crippen LogP contribution in [0.1, 0.15) is 95.4 Å². The third kappa shape index (κ3) is 8.33. The smallest absolute Gasteiger partial charge is 0.323 e. The van der Waals surface area contributed by atoms with Gasteiger partial charge in [0, 0.05) is 35.1 Å². The lowest BCUT2D eigenvalue weighted by atomic mass is 9.93. The molecule has 0 aliphatic heterocycles. The van der Waals surface area contributed by atoms with Crippen LogP contribution in [-0.2, 0) is 6.54 Å². The van der Waals surface area contributed by atoms with E-state index in [-0.39, 0.29) is 23.1 Å². The van der Waals surface area contributed by atoms with Crippen molar-refractivity contribution in [2.24, 2.45) is 0 Å². The minimum absolute atomic E-state index is 0.208. The largest absolute Gasteiger partial charge is 0.496 e. The summed E-state index contributed by atoms with van der Waals surface area (Å²) in [7, 11) is 1.61. The Labute approximate surface area is 264 Å². The Bertz CT molecular complexity index is 1530. The summed E-state index contributed by atoms with van der Waals surface area (Å²) in [6, 6.07) is 11.4. The summed E-state index contributed by atoms with van der Waals surface area (Å²) in [5.74, 6) is 7.56. The van der Waals surface area contributed by atoms with Crippen LogP contribution in [0.25, 0.3) is 11.1 Å². The minimum Gasteiger partial charge on any atom is -0.496 e. The van der Waals surface area contributed by atoms with Crippen LogP contribution in [0.3, 0.4) is 0 Å². The van der Waals surface area contributed by atoms with Gasteiger partial charge in [-0.1, -0.05) is 84.9 Å². The molecule has 1 heterocycles. The first kappa shape index (κ1) is 34.5. The number of unbranched alkanes of at least 4 members (excludes halogenated alkanes) is 1. The first-order chi connectivity index (χ1) is 21.1. The number of amides is 2. The predicted octanol–water partition coefficient (Wildman–Crippen LogP) is 8.22. The molecule has 3 rings (SSSR count). The second-order valence-electron chi connectivity index (χ2n) is 11.8. The lowest BCUT2D eigenvalue weighted by Gasteiger charge is -2.22. The van der Waals surface area contributed by atoms with Gasteiger partial charge in [0.1, 0.15) is 11.4 Å². The first-order valence-electron chi connectivity index (χ1n) is 15.9. The van der Waals surface area contributed by atoms with Crippen molar-refractivity contribution in [2.45, 2.75) is 86.6 Å². The van der Waals surface area contributed by atoms with E-state index in [9.17, 15) is 9.59 Å². The third-order valence-electron chi connectivity index (χ3n) is 7.97. The molecule has 0 fully saturated rings. The van der Waals surface area contributed by atoms with E-state index in [1.165, 1.54) is 0 Å². The number of aromatic nitrogens is 1. The van der Waals surface area contributed by atoms with Crippen LogP contribution in [-0.4, -0.2) is 42.2 Å². The molecule has 0 aliphatic carbocycles. The van der Waals surface area contributed by atoms with E-state index in [1.807, 2.05) is 49.5 Å². The molecule has 7 heteroatoms. The van der Waals surface area contributed by atoms with Crippen LogP contribution in [0.2, 0.25) is 0 Å². The molecule has 2 amide bonds. The number of nitrogens with zero attached hydrogens (tertiary/aromatic N) is 2. The maximum atomic E-state index is 14.0. The second kappa shape index (κ2) is 16.2. The SMILES string of the molecule is CCCCn1cc(C)c(-c2cc(C#CCN(CC)CC)ccc2OC)c(NC(=O)Nc2c(C(C)C)cccc2C(C)C)c1=O. The van der Waals surface area contributed by atoms with Crippen LogP contribution >= 0.6 is 0 Å². The summed E-state index contributed by atoms with van der Waals surface area (Å²) in [6.07, 6.45) is 3.67. The molecule has 0 bridgehead atoms. The number of methoxy groups -OCH3 is 1. The second-order valence-corrected chi connectivity index (χ2v) is 11.8. The van der Waals surface area contributed by atoms with Crippen molar-refractivity contribution in [3.63, 3.8) is 0 Å². The number of ether oxygens (including phenoxy) is 1. The summed E-state index contributed by atoms with van der Waals surface area (Å²) < 4.78 is 7.46. The summed E-state index contributed by atoms with van der Waals surface area (Å²) in [5.41, 5.74) is 5.86. The molecule has 0 aliphatic rings. The number of rotatable bonds is 12. The van der Waals surface area contributed by atoms with Gasteiger partial charge < -0.3 is 19.9 Å². The summed E-state index contributed by atoms with van der Waals surface area (Å²) in [5, 5.41) is 6.09. The zero-order valence-corrected chi connectivity index (χ0v) is 28.1. The molecule has 0 unspecified atom stereocenters. The van der Waals surface area contributed by atoms with Gasteiger partial charge in [0.2, 0.25) is 0 Å². The van der Waals surface area contributed by atoms with Gasteiger partial charge in [0.15, 0.2) is 0 Å². The van der Waals surface area contributed by atoms with Crippen molar-refractivity contribution in [1.82, 2.24) is 9.47 Å². The number of aryl methyl sites for hydroxylation is 2. The minimum atomic E-state index is -0.458. The molecular weight excluding hydrogens is 548 g/mol. The van der Waals surface area contributed by atoms with Gasteiger partial charge in [-0.2, -0.15) is 0 Å². The van der Waals surface area contributed by atoms with Crippen molar-refractivity contribution in [1.29, 1.82) is 0 Å². The predicted molar refractivity (Wildman–Crippen MR) is 184 cm³/mol. The monoisotopic (exact) mass is 598 g/mol. The van der Waals surface area contributed by atoms with Gasteiger partial charge in [0.25, 0.3) is 5.56 Å². The zero-order chi connectivity index (χ0) is 32.4. The maximum Gasteiger partial charge on any atom is 0.323 e. The average Bonchev–Trinajstić information content (AvgIpc) is 3.00. The molecule has 3 aromatic rings. The Morgan fingerprint density at radius 1 is 0.977 bits per heavy atom. The van der Waals surface area contributed by atoms with Gasteiger partial charge in [-0.05, 0) is 73.2 Å². The molecule has 1 aromatic heterocycles. The van der Waals surface area contributed by atoms with Gasteiger partial charge in [-0.25, -0.2) is 4.79 Å². The topological polar surface area (TPSA) is 75.6 Å². The maximum absolute atomic E-state index is 14.0. The Balaban J connectivity index is 2.16. The average molecular weight is 599 g/mol. The van der Waals surface area contributed by atoms with E-state index in [0.717, 1.165) is 53.9 Å². The molecule has 2 N–H and O–H groups in total. The number of hydrogen-bond donors (Lipinski definition) is 2. The van der Waals surface area contributed by atoms with Gasteiger partial charge in [-0.3, -0.25) is 9.69 Å². The Morgan fingerprint density at radius 2 is 1.61 bits per heavy atom. The Hall–Kier alpha value is -4.02. The van der Waals surface area contributed by atoms with Crippen molar-refractivity contribution in [3.05, 3.63) is 75.2 Å². The molecule has 0 saturated carbocycles. The number of nitrogens with one attached hydrogen (secondary N) is 2. The number of anilines is 2. The lowest BCUT2D eigenvalue weighted by molar-refractivity contribution is 0.262.